The van der Waals surface area contributed by atoms with Gasteiger partial charge in [-0.05, 0) is 65.1 Å². The summed E-state index contributed by atoms with van der Waals surface area (Å²) < 4.78 is 4.02. The van der Waals surface area contributed by atoms with Crippen LogP contribution in [0.2, 0.25) is 0 Å². The van der Waals surface area contributed by atoms with Crippen molar-refractivity contribution in [1.82, 2.24) is 35.1 Å². The lowest BCUT2D eigenvalue weighted by Gasteiger charge is -2.31. The maximum Gasteiger partial charge on any atom is 0.328 e. The fraction of sp³-hybridized carbons (Fsp3) is 0.481. The summed E-state index contributed by atoms with van der Waals surface area (Å²) in [5, 5.41) is 17.5. The van der Waals surface area contributed by atoms with Crippen LogP contribution in [0.3, 0.4) is 0 Å². The van der Waals surface area contributed by atoms with Crippen LogP contribution in [0.5, 0.6) is 0 Å². The molecule has 3 aromatic rings. The van der Waals surface area contributed by atoms with Crippen LogP contribution in [-0.4, -0.2) is 29.8 Å². The fourth-order valence-electron chi connectivity index (χ4n) is 5.32. The topological polar surface area (TPSA) is 93.4 Å². The molecule has 3 heterocycles. The quantitative estimate of drug-likeness (QED) is 0.507. The van der Waals surface area contributed by atoms with Gasteiger partial charge in [0.15, 0.2) is 5.82 Å². The summed E-state index contributed by atoms with van der Waals surface area (Å²) in [5.74, 6) is 1.16. The first-order chi connectivity index (χ1) is 16.8. The van der Waals surface area contributed by atoms with Crippen molar-refractivity contribution in [1.29, 1.82) is 0 Å². The van der Waals surface area contributed by atoms with E-state index in [0.29, 0.717) is 24.3 Å². The normalized spacial score (nSPS) is 20.7. The maximum atomic E-state index is 13.8. The van der Waals surface area contributed by atoms with Crippen LogP contribution in [0.1, 0.15) is 64.3 Å². The molecule has 2 aromatic heterocycles. The van der Waals surface area contributed by atoms with E-state index >= 15 is 0 Å². The Bertz CT molecular complexity index is 1280. The minimum Gasteiger partial charge on any atom is -0.368 e. The van der Waals surface area contributed by atoms with E-state index in [0.717, 1.165) is 42.5 Å². The number of allylic oxidation sites excluding steroid dienone is 2. The van der Waals surface area contributed by atoms with Crippen LogP contribution in [0.4, 0.5) is 0 Å². The van der Waals surface area contributed by atoms with Gasteiger partial charge in [0.05, 0.1) is 5.41 Å². The second kappa shape index (κ2) is 8.98. The van der Waals surface area contributed by atoms with Crippen molar-refractivity contribution in [2.24, 2.45) is 11.3 Å². The molecule has 1 saturated carbocycles. The number of hydrogen-bond acceptors (Lipinski definition) is 5. The molecule has 1 fully saturated rings. The molecule has 8 nitrogen and oxygen atoms in total. The van der Waals surface area contributed by atoms with E-state index in [-0.39, 0.29) is 11.1 Å². The molecule has 0 radical (unpaired) electrons. The van der Waals surface area contributed by atoms with Crippen LogP contribution < -0.4 is 11.0 Å². The molecule has 5 rings (SSSR count). The molecule has 2 atom stereocenters. The first-order valence-electron chi connectivity index (χ1n) is 12.6. The van der Waals surface area contributed by atoms with E-state index in [4.69, 9.17) is 0 Å². The van der Waals surface area contributed by atoms with E-state index in [1.54, 1.807) is 0 Å². The van der Waals surface area contributed by atoms with Crippen molar-refractivity contribution in [2.75, 3.05) is 0 Å². The molecular weight excluding hydrogens is 438 g/mol. The molecule has 0 spiro atoms. The molecule has 2 N–H and O–H groups in total. The molecule has 1 aliphatic carbocycles. The molecule has 1 aromatic carbocycles. The molecule has 184 valence electrons. The summed E-state index contributed by atoms with van der Waals surface area (Å²) in [4.78, 5) is 13.8. The van der Waals surface area contributed by atoms with Crippen molar-refractivity contribution in [3.05, 3.63) is 76.8 Å². The Hall–Kier alpha value is -3.42. The highest BCUT2D eigenvalue weighted by Gasteiger charge is 2.47. The SMILES string of the molecule is CCCCc1cn(C2CC2C(C)(C)C)c(=O)n1CC1(c2cccc(-c3nnn[nH]3)c2)C=CNC=C1. The van der Waals surface area contributed by atoms with Gasteiger partial charge >= 0.3 is 5.69 Å². The fourth-order valence-corrected chi connectivity index (χ4v) is 5.32. The number of nitrogens with zero attached hydrogens (tertiary/aromatic N) is 5. The Balaban J connectivity index is 1.55. The van der Waals surface area contributed by atoms with Crippen molar-refractivity contribution in [3.8, 4) is 11.4 Å². The first-order valence-corrected chi connectivity index (χ1v) is 12.6. The van der Waals surface area contributed by atoms with Gasteiger partial charge in [-0.1, -0.05) is 64.5 Å². The molecule has 1 aliphatic heterocycles. The summed E-state index contributed by atoms with van der Waals surface area (Å²) in [6, 6.07) is 8.51. The van der Waals surface area contributed by atoms with Crippen LogP contribution in [0, 0.1) is 11.3 Å². The van der Waals surface area contributed by atoms with Gasteiger partial charge in [-0.25, -0.2) is 9.89 Å². The average molecular weight is 474 g/mol. The Labute approximate surface area is 206 Å². The lowest BCUT2D eigenvalue weighted by Crippen LogP contribution is -2.36. The van der Waals surface area contributed by atoms with Gasteiger partial charge in [0.25, 0.3) is 0 Å². The molecular formula is C27H35N7O. The number of aryl methyl sites for hydroxylation is 1. The minimum atomic E-state index is -0.474. The van der Waals surface area contributed by atoms with Crippen LogP contribution in [0.15, 0.2) is 59.8 Å². The first kappa shape index (κ1) is 23.3. The maximum absolute atomic E-state index is 13.8. The number of aromatic nitrogens is 6. The van der Waals surface area contributed by atoms with Crippen LogP contribution in [-0.2, 0) is 18.4 Å². The second-order valence-electron chi connectivity index (χ2n) is 11.0. The Morgan fingerprint density at radius 2 is 2.00 bits per heavy atom. The summed E-state index contributed by atoms with van der Waals surface area (Å²) >= 11 is 0. The lowest BCUT2D eigenvalue weighted by atomic mass is 9.78. The lowest BCUT2D eigenvalue weighted by molar-refractivity contribution is 0.326. The smallest absolute Gasteiger partial charge is 0.328 e. The van der Waals surface area contributed by atoms with Crippen molar-refractivity contribution in [3.63, 3.8) is 0 Å². The van der Waals surface area contributed by atoms with Gasteiger partial charge in [-0.2, -0.15) is 0 Å². The molecule has 0 amide bonds. The second-order valence-corrected chi connectivity index (χ2v) is 11.0. The van der Waals surface area contributed by atoms with E-state index in [1.807, 2.05) is 33.7 Å². The van der Waals surface area contributed by atoms with Crippen molar-refractivity contribution in [2.45, 2.75) is 71.4 Å². The number of dihydropyridines is 1. The highest BCUT2D eigenvalue weighted by molar-refractivity contribution is 5.57. The monoisotopic (exact) mass is 473 g/mol. The van der Waals surface area contributed by atoms with Crippen LogP contribution >= 0.6 is 0 Å². The van der Waals surface area contributed by atoms with E-state index < -0.39 is 5.41 Å². The highest BCUT2D eigenvalue weighted by atomic mass is 16.1. The average Bonchev–Trinajstić information content (AvgIpc) is 3.36. The van der Waals surface area contributed by atoms with Gasteiger partial charge in [0.2, 0.25) is 0 Å². The molecule has 0 saturated heterocycles. The van der Waals surface area contributed by atoms with Crippen molar-refractivity contribution >= 4 is 0 Å². The zero-order valence-corrected chi connectivity index (χ0v) is 21.0. The van der Waals surface area contributed by atoms with E-state index in [9.17, 15) is 4.79 Å². The summed E-state index contributed by atoms with van der Waals surface area (Å²) in [6.07, 6.45) is 14.5. The standard InChI is InChI=1S/C27H35N7O/c1-5-6-10-21-17-33(23-16-22(23)26(2,3)4)25(35)34(21)18-27(11-13-28-14-12-27)20-9-7-8-19(15-20)24-29-31-32-30-24/h7-9,11-15,17,22-23,28H,5-6,10,16,18H2,1-4H3,(H,29,30,31,32). The number of benzene rings is 1. The third-order valence-corrected chi connectivity index (χ3v) is 7.49. The largest absolute Gasteiger partial charge is 0.368 e. The zero-order chi connectivity index (χ0) is 24.6. The van der Waals surface area contributed by atoms with Gasteiger partial charge in [0.1, 0.15) is 0 Å². The van der Waals surface area contributed by atoms with Gasteiger partial charge < -0.3 is 5.32 Å². The molecule has 0 bridgehead atoms. The third kappa shape index (κ3) is 4.49. The zero-order valence-electron chi connectivity index (χ0n) is 21.0. The Morgan fingerprint density at radius 1 is 1.20 bits per heavy atom. The summed E-state index contributed by atoms with van der Waals surface area (Å²) in [6.45, 7) is 9.55. The minimum absolute atomic E-state index is 0.100. The number of H-pyrrole nitrogens is 1. The summed E-state index contributed by atoms with van der Waals surface area (Å²) in [5.41, 5.74) is 2.94. The number of imidazole rings is 1. The molecule has 2 unspecified atom stereocenters. The number of unbranched alkanes of at least 4 members (excludes halogenated alkanes) is 1. The van der Waals surface area contributed by atoms with Crippen LogP contribution in [0.25, 0.3) is 11.4 Å². The number of rotatable bonds is 8. The summed E-state index contributed by atoms with van der Waals surface area (Å²) in [7, 11) is 0. The highest BCUT2D eigenvalue weighted by Crippen LogP contribution is 2.53. The number of tetrazole rings is 1. The predicted molar refractivity (Wildman–Crippen MR) is 137 cm³/mol. The predicted octanol–water partition coefficient (Wildman–Crippen LogP) is 4.35. The van der Waals surface area contributed by atoms with E-state index in [1.165, 1.54) is 0 Å². The molecule has 8 heteroatoms. The van der Waals surface area contributed by atoms with Gasteiger partial charge in [-0.15, -0.1) is 5.10 Å². The molecule has 35 heavy (non-hydrogen) atoms. The Kier molecular flexibility index (Phi) is 5.99. The molecule has 2 aliphatic rings. The number of aromatic amines is 1. The Morgan fingerprint density at radius 3 is 2.66 bits per heavy atom. The third-order valence-electron chi connectivity index (χ3n) is 7.49. The van der Waals surface area contributed by atoms with E-state index in [2.05, 4.69) is 84.1 Å². The number of hydrogen-bond donors (Lipinski definition) is 2. The van der Waals surface area contributed by atoms with Crippen molar-refractivity contribution < 1.29 is 0 Å². The van der Waals surface area contributed by atoms with Gasteiger partial charge in [-0.3, -0.25) is 9.13 Å². The van der Waals surface area contributed by atoms with Gasteiger partial charge in [0, 0.05) is 30.0 Å². The number of nitrogens with one attached hydrogen (secondary N) is 2.